The van der Waals surface area contributed by atoms with E-state index < -0.39 is 18.8 Å². The number of carbonyl (C=O) groups excluding carboxylic acids is 1. The molecule has 1 fully saturated rings. The van der Waals surface area contributed by atoms with Crippen molar-refractivity contribution in [1.29, 1.82) is 0 Å². The van der Waals surface area contributed by atoms with Gasteiger partial charge in [0.15, 0.2) is 0 Å². The molecule has 0 aliphatic carbocycles. The van der Waals surface area contributed by atoms with E-state index in [0.29, 0.717) is 0 Å². The second-order valence-corrected chi connectivity index (χ2v) is 6.63. The van der Waals surface area contributed by atoms with Crippen LogP contribution in [0.5, 0.6) is 0 Å². The van der Waals surface area contributed by atoms with E-state index in [9.17, 15) is 4.79 Å². The van der Waals surface area contributed by atoms with Gasteiger partial charge in [0, 0.05) is 0 Å². The third kappa shape index (κ3) is 4.55. The summed E-state index contributed by atoms with van der Waals surface area (Å²) in [6.45, 7) is 13.3. The van der Waals surface area contributed by atoms with Gasteiger partial charge in [0.2, 0.25) is 0 Å². The van der Waals surface area contributed by atoms with Crippen LogP contribution in [-0.2, 0) is 14.0 Å². The molecule has 0 unspecified atom stereocenters. The van der Waals surface area contributed by atoms with Crippen LogP contribution >= 0.6 is 0 Å². The normalized spacial score (nSPS) is 21.7. The van der Waals surface area contributed by atoms with E-state index in [1.165, 1.54) is 6.20 Å². The lowest BCUT2D eigenvalue weighted by Crippen LogP contribution is -2.41. The average molecular weight is 269 g/mol. The third-order valence-corrected chi connectivity index (χ3v) is 3.12. The van der Waals surface area contributed by atoms with Gasteiger partial charge in [-0.25, -0.2) is 4.79 Å². The quantitative estimate of drug-likeness (QED) is 0.783. The minimum absolute atomic E-state index is 0.381. The van der Waals surface area contributed by atoms with E-state index in [2.05, 4.69) is 5.32 Å². The topological polar surface area (TPSA) is 56.8 Å². The molecule has 0 atom stereocenters. The van der Waals surface area contributed by atoms with Gasteiger partial charge in [-0.15, -0.1) is 0 Å². The molecule has 0 aromatic carbocycles. The van der Waals surface area contributed by atoms with Gasteiger partial charge in [-0.2, -0.15) is 0 Å². The van der Waals surface area contributed by atoms with Gasteiger partial charge in [0.1, 0.15) is 5.60 Å². The summed E-state index contributed by atoms with van der Waals surface area (Å²) in [5.41, 5.74) is -1.27. The maximum Gasteiger partial charge on any atom is 0.488 e. The summed E-state index contributed by atoms with van der Waals surface area (Å²) in [5, 5.41) is 2.52. The Morgan fingerprint density at radius 2 is 1.63 bits per heavy atom. The van der Waals surface area contributed by atoms with Crippen LogP contribution in [-0.4, -0.2) is 30.0 Å². The largest absolute Gasteiger partial charge is 0.488 e. The van der Waals surface area contributed by atoms with Gasteiger partial charge in [-0.1, -0.05) is 0 Å². The van der Waals surface area contributed by atoms with Crippen molar-refractivity contribution in [2.45, 2.75) is 65.3 Å². The van der Waals surface area contributed by atoms with Crippen LogP contribution in [0, 0.1) is 0 Å². The molecule has 6 heteroatoms. The Bertz CT molecular complexity index is 355. The summed E-state index contributed by atoms with van der Waals surface area (Å²) in [6, 6.07) is 0. The van der Waals surface area contributed by atoms with Gasteiger partial charge in [0.05, 0.1) is 11.2 Å². The van der Waals surface area contributed by atoms with Crippen molar-refractivity contribution in [1.82, 2.24) is 5.32 Å². The van der Waals surface area contributed by atoms with Crippen molar-refractivity contribution in [2.24, 2.45) is 0 Å². The number of carbonyl (C=O) groups is 1. The molecule has 0 aromatic rings. The lowest BCUT2D eigenvalue weighted by molar-refractivity contribution is 0.00578. The first-order chi connectivity index (χ1) is 8.43. The van der Waals surface area contributed by atoms with Crippen molar-refractivity contribution in [3.63, 3.8) is 0 Å². The van der Waals surface area contributed by atoms with Crippen LogP contribution in [0.15, 0.2) is 12.2 Å². The standard InChI is InChI=1S/C13H24BNO4/c1-11(2,3)17-10(16)15-9-8-14-18-12(4,5)13(6,7)19-14/h8-9H,1-7H3,(H,15,16)/b9-8+. The highest BCUT2D eigenvalue weighted by Crippen LogP contribution is 2.36. The van der Waals surface area contributed by atoms with Crippen LogP contribution in [0.4, 0.5) is 4.79 Å². The van der Waals surface area contributed by atoms with Gasteiger partial charge in [0.25, 0.3) is 0 Å². The molecule has 1 rings (SSSR count). The predicted octanol–water partition coefficient (Wildman–Crippen LogP) is 2.66. The molecular weight excluding hydrogens is 245 g/mol. The molecule has 0 spiro atoms. The van der Waals surface area contributed by atoms with E-state index in [4.69, 9.17) is 14.0 Å². The highest BCUT2D eigenvalue weighted by Gasteiger charge is 2.50. The average Bonchev–Trinajstić information content (AvgIpc) is 2.31. The molecule has 19 heavy (non-hydrogen) atoms. The van der Waals surface area contributed by atoms with Gasteiger partial charge in [-0.05, 0) is 60.6 Å². The Balaban J connectivity index is 2.46. The molecule has 1 saturated heterocycles. The van der Waals surface area contributed by atoms with Gasteiger partial charge in [-0.3, -0.25) is 5.32 Å². The smallest absolute Gasteiger partial charge is 0.444 e. The Kier molecular flexibility index (Phi) is 4.37. The Hall–Kier alpha value is -1.01. The number of amides is 1. The number of hydrogen-bond donors (Lipinski definition) is 1. The number of rotatable bonds is 2. The zero-order chi connectivity index (χ0) is 14.9. The molecule has 0 radical (unpaired) electrons. The SMILES string of the molecule is CC(C)(C)OC(=O)N/C=C/B1OC(C)(C)C(C)(C)O1. The first kappa shape index (κ1) is 16.1. The van der Waals surface area contributed by atoms with Crippen LogP contribution in [0.25, 0.3) is 0 Å². The Morgan fingerprint density at radius 3 is 2.05 bits per heavy atom. The zero-order valence-corrected chi connectivity index (χ0v) is 12.9. The fourth-order valence-electron chi connectivity index (χ4n) is 1.47. The number of nitrogens with one attached hydrogen (secondary N) is 1. The Morgan fingerprint density at radius 1 is 1.16 bits per heavy atom. The second-order valence-electron chi connectivity index (χ2n) is 6.63. The van der Waals surface area contributed by atoms with Crippen molar-refractivity contribution in [3.8, 4) is 0 Å². The number of alkyl carbamates (subject to hydrolysis) is 1. The van der Waals surface area contributed by atoms with Crippen molar-refractivity contribution in [3.05, 3.63) is 12.2 Å². The highest BCUT2D eigenvalue weighted by molar-refractivity contribution is 6.51. The minimum Gasteiger partial charge on any atom is -0.444 e. The van der Waals surface area contributed by atoms with Gasteiger partial charge < -0.3 is 14.0 Å². The van der Waals surface area contributed by atoms with E-state index in [-0.39, 0.29) is 11.2 Å². The molecule has 1 aliphatic rings. The predicted molar refractivity (Wildman–Crippen MR) is 74.6 cm³/mol. The number of ether oxygens (including phenoxy) is 1. The summed E-state index contributed by atoms with van der Waals surface area (Å²) in [7, 11) is -0.472. The Labute approximate surface area is 115 Å². The van der Waals surface area contributed by atoms with E-state index in [1.54, 1.807) is 5.98 Å². The van der Waals surface area contributed by atoms with Crippen molar-refractivity contribution < 1.29 is 18.8 Å². The van der Waals surface area contributed by atoms with Crippen LogP contribution in [0.1, 0.15) is 48.5 Å². The molecule has 5 nitrogen and oxygen atoms in total. The summed E-state index contributed by atoms with van der Waals surface area (Å²) in [6.07, 6.45) is 0.983. The van der Waals surface area contributed by atoms with E-state index >= 15 is 0 Å². The maximum atomic E-state index is 11.4. The van der Waals surface area contributed by atoms with E-state index in [1.807, 2.05) is 48.5 Å². The third-order valence-electron chi connectivity index (χ3n) is 3.12. The first-order valence-electron chi connectivity index (χ1n) is 6.45. The van der Waals surface area contributed by atoms with Crippen molar-refractivity contribution >= 4 is 13.2 Å². The van der Waals surface area contributed by atoms with Crippen LogP contribution in [0.3, 0.4) is 0 Å². The van der Waals surface area contributed by atoms with Crippen LogP contribution < -0.4 is 5.32 Å². The minimum atomic E-state index is -0.512. The van der Waals surface area contributed by atoms with Crippen LogP contribution in [0.2, 0.25) is 0 Å². The molecule has 1 aliphatic heterocycles. The molecule has 1 N–H and O–H groups in total. The fraction of sp³-hybridized carbons (Fsp3) is 0.769. The summed E-state index contributed by atoms with van der Waals surface area (Å²) in [4.78, 5) is 11.4. The molecule has 0 saturated carbocycles. The molecule has 0 aromatic heterocycles. The van der Waals surface area contributed by atoms with E-state index in [0.717, 1.165) is 0 Å². The molecule has 1 amide bonds. The van der Waals surface area contributed by atoms with Gasteiger partial charge >= 0.3 is 13.2 Å². The summed E-state index contributed by atoms with van der Waals surface area (Å²) in [5.74, 6) is 1.65. The molecule has 108 valence electrons. The monoisotopic (exact) mass is 269 g/mol. The fourth-order valence-corrected chi connectivity index (χ4v) is 1.47. The summed E-state index contributed by atoms with van der Waals surface area (Å²) < 4.78 is 16.6. The molecule has 0 bridgehead atoms. The zero-order valence-electron chi connectivity index (χ0n) is 12.9. The number of hydrogen-bond acceptors (Lipinski definition) is 4. The lowest BCUT2D eigenvalue weighted by Gasteiger charge is -2.32. The first-order valence-corrected chi connectivity index (χ1v) is 6.45. The lowest BCUT2D eigenvalue weighted by atomic mass is 9.90. The summed E-state index contributed by atoms with van der Waals surface area (Å²) >= 11 is 0. The second kappa shape index (κ2) is 5.17. The molecule has 1 heterocycles. The highest BCUT2D eigenvalue weighted by atomic mass is 16.7. The van der Waals surface area contributed by atoms with Crippen molar-refractivity contribution in [2.75, 3.05) is 0 Å². The molecular formula is C13H24BNO4. The maximum absolute atomic E-state index is 11.4.